The smallest absolute Gasteiger partial charge is 0.331 e. The van der Waals surface area contributed by atoms with E-state index in [1.54, 1.807) is 30.3 Å². The van der Waals surface area contributed by atoms with Gasteiger partial charge in [0, 0.05) is 11.7 Å². The molecule has 2 aromatic carbocycles. The lowest BCUT2D eigenvalue weighted by Gasteiger charge is -2.31. The van der Waals surface area contributed by atoms with Crippen molar-refractivity contribution >= 4 is 35.5 Å². The molecule has 4 rings (SSSR count). The fourth-order valence-electron chi connectivity index (χ4n) is 4.09. The van der Waals surface area contributed by atoms with Gasteiger partial charge in [0.1, 0.15) is 5.57 Å². The van der Waals surface area contributed by atoms with Crippen molar-refractivity contribution in [3.05, 3.63) is 59.7 Å². The van der Waals surface area contributed by atoms with Gasteiger partial charge >= 0.3 is 6.03 Å². The third-order valence-corrected chi connectivity index (χ3v) is 5.74. The van der Waals surface area contributed by atoms with Crippen LogP contribution in [0.15, 0.2) is 54.1 Å². The number of rotatable bonds is 7. The van der Waals surface area contributed by atoms with Crippen molar-refractivity contribution in [2.24, 2.45) is 0 Å². The first-order chi connectivity index (χ1) is 16.5. The molecule has 9 nitrogen and oxygen atoms in total. The van der Waals surface area contributed by atoms with E-state index in [-0.39, 0.29) is 24.1 Å². The van der Waals surface area contributed by atoms with Crippen molar-refractivity contribution < 1.29 is 28.7 Å². The number of nitrogens with zero attached hydrogens (tertiary/aromatic N) is 1. The Morgan fingerprint density at radius 2 is 1.82 bits per heavy atom. The third-order valence-electron chi connectivity index (χ3n) is 5.74. The fourth-order valence-corrected chi connectivity index (χ4v) is 4.09. The maximum Gasteiger partial charge on any atom is 0.331 e. The van der Waals surface area contributed by atoms with E-state index in [1.165, 1.54) is 13.2 Å². The molecule has 2 aromatic rings. The number of nitrogens with one attached hydrogen (secondary N) is 2. The number of anilines is 1. The minimum Gasteiger partial charge on any atom is -0.493 e. The molecule has 0 aromatic heterocycles. The number of hydrogen-bond donors (Lipinski definition) is 2. The van der Waals surface area contributed by atoms with Crippen LogP contribution in [0.4, 0.5) is 10.5 Å². The van der Waals surface area contributed by atoms with E-state index in [0.717, 1.165) is 30.6 Å². The summed E-state index contributed by atoms with van der Waals surface area (Å²) in [4.78, 5) is 50.9. The first-order valence-electron chi connectivity index (χ1n) is 11.0. The molecule has 0 spiro atoms. The zero-order valence-corrected chi connectivity index (χ0v) is 18.7. The average molecular weight is 463 g/mol. The van der Waals surface area contributed by atoms with E-state index in [9.17, 15) is 19.2 Å². The summed E-state index contributed by atoms with van der Waals surface area (Å²) in [5, 5.41) is 4.99. The van der Waals surface area contributed by atoms with Gasteiger partial charge in [-0.05, 0) is 48.7 Å². The summed E-state index contributed by atoms with van der Waals surface area (Å²) in [7, 11) is 1.45. The Balaban J connectivity index is 1.48. The number of carbonyl (C=O) groups excluding carboxylic acids is 4. The minimum atomic E-state index is -0.735. The molecule has 0 radical (unpaired) electrons. The molecule has 1 saturated carbocycles. The predicted octanol–water partition coefficient (Wildman–Crippen LogP) is 3.12. The lowest BCUT2D eigenvalue weighted by Crippen LogP contribution is -2.57. The maximum absolute atomic E-state index is 13.0. The van der Waals surface area contributed by atoms with Crippen LogP contribution in [0.25, 0.3) is 6.08 Å². The maximum atomic E-state index is 13.0. The molecule has 0 bridgehead atoms. The van der Waals surface area contributed by atoms with E-state index in [1.807, 2.05) is 18.2 Å². The summed E-state index contributed by atoms with van der Waals surface area (Å²) >= 11 is 0. The van der Waals surface area contributed by atoms with Gasteiger partial charge < -0.3 is 14.8 Å². The normalized spacial score (nSPS) is 17.6. The van der Waals surface area contributed by atoms with E-state index in [0.29, 0.717) is 22.7 Å². The summed E-state index contributed by atoms with van der Waals surface area (Å²) in [6.45, 7) is -0.231. The summed E-state index contributed by atoms with van der Waals surface area (Å²) in [6, 6.07) is 13.0. The molecule has 176 valence electrons. The van der Waals surface area contributed by atoms with E-state index in [4.69, 9.17) is 9.47 Å². The van der Waals surface area contributed by atoms with E-state index < -0.39 is 17.8 Å². The Labute approximate surface area is 196 Å². The van der Waals surface area contributed by atoms with Crippen molar-refractivity contribution in [3.8, 4) is 11.5 Å². The highest BCUT2D eigenvalue weighted by molar-refractivity contribution is 6.31. The molecule has 0 atom stereocenters. The van der Waals surface area contributed by atoms with Gasteiger partial charge in [0.25, 0.3) is 17.7 Å². The Morgan fingerprint density at radius 1 is 1.09 bits per heavy atom. The zero-order chi connectivity index (χ0) is 24.1. The van der Waals surface area contributed by atoms with E-state index in [2.05, 4.69) is 10.6 Å². The second kappa shape index (κ2) is 10.2. The Kier molecular flexibility index (Phi) is 6.91. The number of methoxy groups -OCH3 is 1. The largest absolute Gasteiger partial charge is 0.493 e. The first kappa shape index (κ1) is 23.0. The zero-order valence-electron chi connectivity index (χ0n) is 18.7. The van der Waals surface area contributed by atoms with Crippen molar-refractivity contribution in [3.63, 3.8) is 0 Å². The summed E-state index contributed by atoms with van der Waals surface area (Å²) in [6.07, 6.45) is 4.77. The van der Waals surface area contributed by atoms with Crippen LogP contribution in [0, 0.1) is 0 Å². The number of carbonyl (C=O) groups is 4. The van der Waals surface area contributed by atoms with Gasteiger partial charge in [0.15, 0.2) is 18.1 Å². The van der Waals surface area contributed by atoms with Crippen molar-refractivity contribution in [2.45, 2.75) is 31.7 Å². The second-order valence-corrected chi connectivity index (χ2v) is 8.04. The molecule has 2 N–H and O–H groups in total. The summed E-state index contributed by atoms with van der Waals surface area (Å²) in [5.74, 6) is -1.01. The Hall–Kier alpha value is -4.14. The molecule has 1 aliphatic carbocycles. The highest BCUT2D eigenvalue weighted by atomic mass is 16.5. The van der Waals surface area contributed by atoms with Crippen LogP contribution in [-0.4, -0.2) is 48.4 Å². The molecule has 1 aliphatic heterocycles. The standard InChI is InChI=1S/C25H25N3O6/c1-33-21-14-16(11-12-20(21)34-15-22(29)26-17-7-3-2-4-8-17)13-19-23(30)27-25(32)28(24(19)31)18-9-5-6-10-18/h2-4,7-8,11-14,18H,5-6,9-10,15H2,1H3,(H,26,29)(H,27,30,32)/b19-13+. The molecule has 0 unspecified atom stereocenters. The van der Waals surface area contributed by atoms with Crippen LogP contribution >= 0.6 is 0 Å². The number of barbiturate groups is 1. The van der Waals surface area contributed by atoms with Gasteiger partial charge in [-0.15, -0.1) is 0 Å². The fraction of sp³-hybridized carbons (Fsp3) is 0.280. The predicted molar refractivity (Wildman–Crippen MR) is 124 cm³/mol. The molecule has 2 aliphatic rings. The van der Waals surface area contributed by atoms with Crippen LogP contribution in [0.3, 0.4) is 0 Å². The molecular weight excluding hydrogens is 438 g/mol. The number of imide groups is 2. The van der Waals surface area contributed by atoms with Crippen LogP contribution in [0.1, 0.15) is 31.2 Å². The highest BCUT2D eigenvalue weighted by Gasteiger charge is 2.40. The Morgan fingerprint density at radius 3 is 2.53 bits per heavy atom. The van der Waals surface area contributed by atoms with Gasteiger partial charge in [0.05, 0.1) is 7.11 Å². The van der Waals surface area contributed by atoms with Gasteiger partial charge in [-0.25, -0.2) is 4.79 Å². The monoisotopic (exact) mass is 463 g/mol. The molecule has 1 heterocycles. The van der Waals surface area contributed by atoms with Gasteiger partial charge in [-0.3, -0.25) is 24.6 Å². The van der Waals surface area contributed by atoms with Gasteiger partial charge in [-0.2, -0.15) is 0 Å². The number of ether oxygens (including phenoxy) is 2. The van der Waals surface area contributed by atoms with Crippen LogP contribution in [0.2, 0.25) is 0 Å². The SMILES string of the molecule is COc1cc(/C=C2\C(=O)NC(=O)N(C3CCCC3)C2=O)ccc1OCC(=O)Nc1ccccc1. The number of para-hydroxylation sites is 1. The van der Waals surface area contributed by atoms with Gasteiger partial charge in [-0.1, -0.05) is 37.1 Å². The second-order valence-electron chi connectivity index (χ2n) is 8.04. The number of amides is 5. The lowest BCUT2D eigenvalue weighted by molar-refractivity contribution is -0.131. The molecule has 2 fully saturated rings. The van der Waals surface area contributed by atoms with Gasteiger partial charge in [0.2, 0.25) is 0 Å². The topological polar surface area (TPSA) is 114 Å². The number of benzene rings is 2. The summed E-state index contributed by atoms with van der Waals surface area (Å²) in [5.41, 5.74) is 1.05. The third kappa shape index (κ3) is 5.09. The Bertz CT molecular complexity index is 1140. The quantitative estimate of drug-likeness (QED) is 0.482. The molecule has 34 heavy (non-hydrogen) atoms. The lowest BCUT2D eigenvalue weighted by atomic mass is 10.0. The van der Waals surface area contributed by atoms with E-state index >= 15 is 0 Å². The van der Waals surface area contributed by atoms with Crippen molar-refractivity contribution in [2.75, 3.05) is 19.0 Å². The van der Waals surface area contributed by atoms with Crippen molar-refractivity contribution in [1.29, 1.82) is 0 Å². The summed E-state index contributed by atoms with van der Waals surface area (Å²) < 4.78 is 11.0. The van der Waals surface area contributed by atoms with Crippen LogP contribution < -0.4 is 20.1 Å². The molecular formula is C25H25N3O6. The molecule has 5 amide bonds. The molecule has 1 saturated heterocycles. The average Bonchev–Trinajstić information content (AvgIpc) is 3.35. The van der Waals surface area contributed by atoms with Crippen molar-refractivity contribution in [1.82, 2.24) is 10.2 Å². The highest BCUT2D eigenvalue weighted by Crippen LogP contribution is 2.31. The number of urea groups is 1. The van der Waals surface area contributed by atoms with Crippen LogP contribution in [-0.2, 0) is 14.4 Å². The number of hydrogen-bond acceptors (Lipinski definition) is 6. The minimum absolute atomic E-state index is 0.121. The van der Waals surface area contributed by atoms with Crippen LogP contribution in [0.5, 0.6) is 11.5 Å². The molecule has 9 heteroatoms. The first-order valence-corrected chi connectivity index (χ1v) is 11.0.